The van der Waals surface area contributed by atoms with Gasteiger partial charge in [-0.15, -0.1) is 0 Å². The number of carbonyl (C=O) groups excluding carboxylic acids is 1. The van der Waals surface area contributed by atoms with Crippen molar-refractivity contribution in [2.45, 2.75) is 44.6 Å². The number of carboxylic acids is 1. The van der Waals surface area contributed by atoms with Crippen LogP contribution in [0.25, 0.3) is 0 Å². The normalized spacial score (nSPS) is 24.4. The van der Waals surface area contributed by atoms with Gasteiger partial charge in [0.1, 0.15) is 0 Å². The van der Waals surface area contributed by atoms with Crippen LogP contribution in [0.2, 0.25) is 0 Å². The Balaban J connectivity index is 1.71. The van der Waals surface area contributed by atoms with E-state index in [0.29, 0.717) is 12.0 Å². The molecule has 1 aromatic rings. The fourth-order valence-electron chi connectivity index (χ4n) is 3.39. The molecule has 1 fully saturated rings. The summed E-state index contributed by atoms with van der Waals surface area (Å²) < 4.78 is 0. The zero-order valence-electron chi connectivity index (χ0n) is 11.4. The SMILES string of the molecule is O=C(N[C@H]1CCC[C@H]1C(=O)O)c1ccc2c(c1)CCC2. The van der Waals surface area contributed by atoms with E-state index in [-0.39, 0.29) is 11.9 Å². The van der Waals surface area contributed by atoms with Gasteiger partial charge in [0.15, 0.2) is 0 Å². The van der Waals surface area contributed by atoms with Gasteiger partial charge < -0.3 is 10.4 Å². The number of fused-ring (bicyclic) bond motifs is 1. The second-order valence-corrected chi connectivity index (χ2v) is 5.79. The fraction of sp³-hybridized carbons (Fsp3) is 0.500. The van der Waals surface area contributed by atoms with Gasteiger partial charge in [-0.3, -0.25) is 9.59 Å². The maximum absolute atomic E-state index is 12.3. The van der Waals surface area contributed by atoms with Crippen molar-refractivity contribution < 1.29 is 14.7 Å². The number of amides is 1. The number of nitrogens with one attached hydrogen (secondary N) is 1. The molecule has 0 radical (unpaired) electrons. The molecule has 2 aliphatic carbocycles. The highest BCUT2D eigenvalue weighted by Crippen LogP contribution is 2.27. The van der Waals surface area contributed by atoms with Crippen molar-refractivity contribution in [3.8, 4) is 0 Å². The van der Waals surface area contributed by atoms with Crippen molar-refractivity contribution in [3.05, 3.63) is 34.9 Å². The number of benzene rings is 1. The van der Waals surface area contributed by atoms with Gasteiger partial charge in [-0.05, 0) is 55.4 Å². The van der Waals surface area contributed by atoms with Crippen LogP contribution in [-0.2, 0) is 17.6 Å². The second kappa shape index (κ2) is 5.27. The molecule has 3 rings (SSSR count). The number of aryl methyl sites for hydroxylation is 2. The van der Waals surface area contributed by atoms with E-state index in [1.54, 1.807) is 0 Å². The molecule has 1 amide bonds. The maximum atomic E-state index is 12.3. The summed E-state index contributed by atoms with van der Waals surface area (Å²) in [6.45, 7) is 0. The summed E-state index contributed by atoms with van der Waals surface area (Å²) >= 11 is 0. The first-order valence-electron chi connectivity index (χ1n) is 7.30. The van der Waals surface area contributed by atoms with Gasteiger partial charge >= 0.3 is 5.97 Å². The number of rotatable bonds is 3. The van der Waals surface area contributed by atoms with Crippen molar-refractivity contribution in [2.75, 3.05) is 0 Å². The first kappa shape index (κ1) is 13.2. The molecular weight excluding hydrogens is 254 g/mol. The molecule has 1 aromatic carbocycles. The predicted octanol–water partition coefficient (Wildman–Crippen LogP) is 2.16. The lowest BCUT2D eigenvalue weighted by molar-refractivity contribution is -0.142. The number of hydrogen-bond donors (Lipinski definition) is 2. The molecule has 1 saturated carbocycles. The number of hydrogen-bond acceptors (Lipinski definition) is 2. The van der Waals surface area contributed by atoms with E-state index in [4.69, 9.17) is 5.11 Å². The average molecular weight is 273 g/mol. The highest BCUT2D eigenvalue weighted by atomic mass is 16.4. The molecule has 0 aliphatic heterocycles. The molecule has 0 spiro atoms. The van der Waals surface area contributed by atoms with Gasteiger partial charge in [0.2, 0.25) is 0 Å². The highest BCUT2D eigenvalue weighted by molar-refractivity contribution is 5.95. The Morgan fingerprint density at radius 3 is 2.70 bits per heavy atom. The van der Waals surface area contributed by atoms with E-state index >= 15 is 0 Å². The Bertz CT molecular complexity index is 553. The van der Waals surface area contributed by atoms with Crippen LogP contribution in [-0.4, -0.2) is 23.0 Å². The van der Waals surface area contributed by atoms with Gasteiger partial charge in [-0.25, -0.2) is 0 Å². The molecule has 20 heavy (non-hydrogen) atoms. The molecule has 2 atom stereocenters. The fourth-order valence-corrected chi connectivity index (χ4v) is 3.39. The Kier molecular flexibility index (Phi) is 3.47. The molecule has 4 nitrogen and oxygen atoms in total. The lowest BCUT2D eigenvalue weighted by atomic mass is 10.0. The Morgan fingerprint density at radius 2 is 1.90 bits per heavy atom. The molecule has 4 heteroatoms. The van der Waals surface area contributed by atoms with E-state index < -0.39 is 11.9 Å². The van der Waals surface area contributed by atoms with Crippen LogP contribution in [0.15, 0.2) is 18.2 Å². The highest BCUT2D eigenvalue weighted by Gasteiger charge is 2.34. The maximum Gasteiger partial charge on any atom is 0.308 e. The summed E-state index contributed by atoms with van der Waals surface area (Å²) in [5, 5.41) is 12.0. The minimum Gasteiger partial charge on any atom is -0.481 e. The smallest absolute Gasteiger partial charge is 0.308 e. The van der Waals surface area contributed by atoms with E-state index in [2.05, 4.69) is 5.32 Å². The van der Waals surface area contributed by atoms with Crippen LogP contribution < -0.4 is 5.32 Å². The van der Waals surface area contributed by atoms with Crippen molar-refractivity contribution in [1.29, 1.82) is 0 Å². The minimum absolute atomic E-state index is 0.141. The van der Waals surface area contributed by atoms with Crippen molar-refractivity contribution in [1.82, 2.24) is 5.32 Å². The minimum atomic E-state index is -0.804. The van der Waals surface area contributed by atoms with E-state index in [1.807, 2.05) is 18.2 Å². The summed E-state index contributed by atoms with van der Waals surface area (Å²) in [5.41, 5.74) is 3.26. The largest absolute Gasteiger partial charge is 0.481 e. The molecular formula is C16H19NO3. The quantitative estimate of drug-likeness (QED) is 0.887. The summed E-state index contributed by atoms with van der Waals surface area (Å²) in [7, 11) is 0. The number of carbonyl (C=O) groups is 2. The predicted molar refractivity (Wildman–Crippen MR) is 74.7 cm³/mol. The second-order valence-electron chi connectivity index (χ2n) is 5.79. The van der Waals surface area contributed by atoms with E-state index in [9.17, 15) is 9.59 Å². The Hall–Kier alpha value is -1.84. The monoisotopic (exact) mass is 273 g/mol. The first-order valence-corrected chi connectivity index (χ1v) is 7.30. The van der Waals surface area contributed by atoms with Crippen LogP contribution in [0, 0.1) is 5.92 Å². The third kappa shape index (κ3) is 2.42. The molecule has 0 aromatic heterocycles. The van der Waals surface area contributed by atoms with Crippen molar-refractivity contribution in [3.63, 3.8) is 0 Å². The lowest BCUT2D eigenvalue weighted by Gasteiger charge is -2.17. The molecule has 0 unspecified atom stereocenters. The van der Waals surface area contributed by atoms with Gasteiger partial charge in [-0.2, -0.15) is 0 Å². The first-order chi connectivity index (χ1) is 9.65. The van der Waals surface area contributed by atoms with Crippen LogP contribution in [0.1, 0.15) is 47.2 Å². The molecule has 2 aliphatic rings. The molecule has 0 saturated heterocycles. The Labute approximate surface area is 118 Å². The third-order valence-electron chi connectivity index (χ3n) is 4.51. The van der Waals surface area contributed by atoms with Gasteiger partial charge in [0.05, 0.1) is 5.92 Å². The molecule has 2 N–H and O–H groups in total. The lowest BCUT2D eigenvalue weighted by Crippen LogP contribution is -2.40. The summed E-state index contributed by atoms with van der Waals surface area (Å²) in [4.78, 5) is 23.4. The van der Waals surface area contributed by atoms with E-state index in [0.717, 1.165) is 32.1 Å². The third-order valence-corrected chi connectivity index (χ3v) is 4.51. The number of carboxylic acid groups (broad SMARTS) is 1. The molecule has 0 heterocycles. The van der Waals surface area contributed by atoms with Gasteiger partial charge in [-0.1, -0.05) is 12.5 Å². The Morgan fingerprint density at radius 1 is 1.10 bits per heavy atom. The molecule has 0 bridgehead atoms. The summed E-state index contributed by atoms with van der Waals surface area (Å²) in [6, 6.07) is 5.61. The zero-order chi connectivity index (χ0) is 14.1. The standard InChI is InChI=1S/C16H19NO3/c18-15(17-14-6-2-5-13(14)16(19)20)12-8-7-10-3-1-4-11(10)9-12/h7-9,13-14H,1-6H2,(H,17,18)(H,19,20)/t13-,14+/m1/s1. The number of aliphatic carboxylic acids is 1. The topological polar surface area (TPSA) is 66.4 Å². The van der Waals surface area contributed by atoms with Crippen LogP contribution >= 0.6 is 0 Å². The van der Waals surface area contributed by atoms with Crippen molar-refractivity contribution >= 4 is 11.9 Å². The summed E-state index contributed by atoms with van der Waals surface area (Å²) in [6.07, 6.45) is 5.58. The van der Waals surface area contributed by atoms with Crippen LogP contribution in [0.3, 0.4) is 0 Å². The zero-order valence-corrected chi connectivity index (χ0v) is 11.4. The van der Waals surface area contributed by atoms with Crippen LogP contribution in [0.5, 0.6) is 0 Å². The van der Waals surface area contributed by atoms with Gasteiger partial charge in [0, 0.05) is 11.6 Å². The van der Waals surface area contributed by atoms with Gasteiger partial charge in [0.25, 0.3) is 5.91 Å². The summed E-state index contributed by atoms with van der Waals surface area (Å²) in [5.74, 6) is -1.38. The average Bonchev–Trinajstić information content (AvgIpc) is 3.05. The molecule has 106 valence electrons. The van der Waals surface area contributed by atoms with Crippen LogP contribution in [0.4, 0.5) is 0 Å². The van der Waals surface area contributed by atoms with E-state index in [1.165, 1.54) is 11.1 Å². The van der Waals surface area contributed by atoms with Crippen molar-refractivity contribution in [2.24, 2.45) is 5.92 Å².